The molecular weight excluding hydrogens is 516 g/mol. The van der Waals surface area contributed by atoms with Crippen LogP contribution in [0.25, 0.3) is 0 Å². The smallest absolute Gasteiger partial charge is 0.0701 e. The topological polar surface area (TPSA) is 82.3 Å². The molecular formula is C32H52N6O3. The predicted molar refractivity (Wildman–Crippen MR) is 168 cm³/mol. The Morgan fingerprint density at radius 1 is 0.488 bits per heavy atom. The van der Waals surface area contributed by atoms with E-state index in [4.69, 9.17) is 14.2 Å². The van der Waals surface area contributed by atoms with Crippen LogP contribution in [0, 0.1) is 0 Å². The summed E-state index contributed by atoms with van der Waals surface area (Å²) in [7, 11) is 0. The Morgan fingerprint density at radius 3 is 1.34 bits per heavy atom. The maximum atomic E-state index is 5.73. The summed E-state index contributed by atoms with van der Waals surface area (Å²) in [4.78, 5) is 5.11. The molecule has 3 aliphatic rings. The Morgan fingerprint density at radius 2 is 0.902 bits per heavy atom. The van der Waals surface area contributed by atoms with E-state index in [1.54, 1.807) is 0 Å². The average molecular weight is 569 g/mol. The summed E-state index contributed by atoms with van der Waals surface area (Å²) in [5.74, 6) is 0. The first-order valence-corrected chi connectivity index (χ1v) is 15.6. The van der Waals surface area contributed by atoms with Crippen LogP contribution in [-0.2, 0) is 27.3 Å². The van der Waals surface area contributed by atoms with E-state index in [0.29, 0.717) is 26.4 Å². The summed E-state index contributed by atoms with van der Waals surface area (Å²) < 4.78 is 17.1. The van der Waals surface area contributed by atoms with Crippen LogP contribution in [0.1, 0.15) is 24.0 Å². The molecule has 0 aliphatic carbocycles. The van der Waals surface area contributed by atoms with Gasteiger partial charge in [-0.2, -0.15) is 0 Å². The monoisotopic (exact) mass is 568 g/mol. The van der Waals surface area contributed by atoms with Gasteiger partial charge in [0.15, 0.2) is 0 Å². The lowest BCUT2D eigenvalue weighted by atomic mass is 10.1. The lowest BCUT2D eigenvalue weighted by molar-refractivity contribution is 0.0145. The van der Waals surface area contributed by atoms with E-state index in [9.17, 15) is 0 Å². The predicted octanol–water partition coefficient (Wildman–Crippen LogP) is 2.85. The Labute approximate surface area is 247 Å². The molecule has 0 atom stereocenters. The molecule has 3 aliphatic heterocycles. The standard InChI is InChI=1S/C32H52N6O3/c1-5-29-25-31(7-1)35-9-3-19-39-21-23-41-24-22-40-20-4-10-36-32-8-2-6-30(26-32)28-38-17-13-33-11-15-37(27-29)16-12-34-14-18-38/h1-2,5-8,25-26,33-36H,3-4,9-24,27-28H2. The number of hydrogen-bond donors (Lipinski definition) is 4. The SMILES string of the molecule is c1cc2cc(c1)NCCCOCCOCCOCCCNc1cccc(c1)CN1CCNCCN(CCNCC1)C2. The molecule has 228 valence electrons. The molecule has 0 aromatic heterocycles. The Bertz CT molecular complexity index is 877. The van der Waals surface area contributed by atoms with Gasteiger partial charge in [-0.1, -0.05) is 24.3 Å². The summed E-state index contributed by atoms with van der Waals surface area (Å²) in [5, 5.41) is 14.5. The quantitative estimate of drug-likeness (QED) is 0.359. The van der Waals surface area contributed by atoms with Crippen molar-refractivity contribution in [1.29, 1.82) is 0 Å². The molecule has 9 heteroatoms. The average Bonchev–Trinajstić information content (AvgIpc) is 2.97. The molecule has 9 nitrogen and oxygen atoms in total. The molecule has 5 rings (SSSR count). The van der Waals surface area contributed by atoms with Gasteiger partial charge in [0.25, 0.3) is 0 Å². The van der Waals surface area contributed by atoms with Crippen LogP contribution >= 0.6 is 0 Å². The van der Waals surface area contributed by atoms with Crippen LogP contribution in [0.3, 0.4) is 0 Å². The normalized spacial score (nSPS) is 24.0. The zero-order valence-electron chi connectivity index (χ0n) is 24.9. The van der Waals surface area contributed by atoms with Gasteiger partial charge in [-0.25, -0.2) is 0 Å². The van der Waals surface area contributed by atoms with Crippen molar-refractivity contribution < 1.29 is 14.2 Å². The van der Waals surface area contributed by atoms with Gasteiger partial charge in [-0.15, -0.1) is 0 Å². The number of benzene rings is 2. The minimum atomic E-state index is 0.607. The van der Waals surface area contributed by atoms with Crippen LogP contribution < -0.4 is 21.3 Å². The van der Waals surface area contributed by atoms with E-state index in [1.165, 1.54) is 22.5 Å². The highest BCUT2D eigenvalue weighted by atomic mass is 16.5. The number of hydrogen-bond acceptors (Lipinski definition) is 9. The largest absolute Gasteiger partial charge is 0.385 e. The molecule has 4 N–H and O–H groups in total. The van der Waals surface area contributed by atoms with Gasteiger partial charge in [-0.3, -0.25) is 9.80 Å². The van der Waals surface area contributed by atoms with Gasteiger partial charge in [0.2, 0.25) is 0 Å². The zero-order valence-corrected chi connectivity index (χ0v) is 24.9. The molecule has 2 aromatic carbocycles. The van der Waals surface area contributed by atoms with Gasteiger partial charge < -0.3 is 35.5 Å². The Kier molecular flexibility index (Phi) is 15.3. The van der Waals surface area contributed by atoms with E-state index >= 15 is 0 Å². The highest BCUT2D eigenvalue weighted by Crippen LogP contribution is 2.14. The lowest BCUT2D eigenvalue weighted by Gasteiger charge is -2.27. The summed E-state index contributed by atoms with van der Waals surface area (Å²) >= 11 is 0. The fourth-order valence-electron chi connectivity index (χ4n) is 5.17. The van der Waals surface area contributed by atoms with Crippen molar-refractivity contribution in [2.24, 2.45) is 0 Å². The number of fused-ring (bicyclic) bond motifs is 22. The second kappa shape index (κ2) is 19.8. The van der Waals surface area contributed by atoms with E-state index in [2.05, 4.69) is 79.6 Å². The van der Waals surface area contributed by atoms with Crippen molar-refractivity contribution in [3.63, 3.8) is 0 Å². The fraction of sp³-hybridized carbons (Fsp3) is 0.625. The van der Waals surface area contributed by atoms with Crippen molar-refractivity contribution in [3.8, 4) is 0 Å². The first-order valence-electron chi connectivity index (χ1n) is 15.6. The van der Waals surface area contributed by atoms with Crippen LogP contribution in [0.5, 0.6) is 0 Å². The number of anilines is 2. The van der Waals surface area contributed by atoms with Crippen molar-refractivity contribution in [2.45, 2.75) is 25.9 Å². The number of rotatable bonds is 0. The lowest BCUT2D eigenvalue weighted by Crippen LogP contribution is -2.42. The molecule has 2 aromatic rings. The molecule has 0 unspecified atom stereocenters. The van der Waals surface area contributed by atoms with E-state index in [-0.39, 0.29) is 0 Å². The number of nitrogens with one attached hydrogen (secondary N) is 4. The summed E-state index contributed by atoms with van der Waals surface area (Å²) in [6, 6.07) is 17.7. The third-order valence-electron chi connectivity index (χ3n) is 7.42. The maximum absolute atomic E-state index is 5.73. The minimum Gasteiger partial charge on any atom is -0.385 e. The molecule has 0 radical (unpaired) electrons. The number of ether oxygens (including phenoxy) is 3. The molecule has 6 bridgehead atoms. The van der Waals surface area contributed by atoms with Gasteiger partial charge in [-0.05, 0) is 48.2 Å². The third kappa shape index (κ3) is 13.5. The van der Waals surface area contributed by atoms with Crippen LogP contribution in [0.4, 0.5) is 11.4 Å². The molecule has 0 saturated carbocycles. The van der Waals surface area contributed by atoms with Crippen molar-refractivity contribution in [2.75, 3.05) is 116 Å². The first-order chi connectivity index (χ1) is 20.3. The van der Waals surface area contributed by atoms with Crippen LogP contribution in [0.2, 0.25) is 0 Å². The second-order valence-corrected chi connectivity index (χ2v) is 10.9. The summed E-state index contributed by atoms with van der Waals surface area (Å²) in [6.07, 6.45) is 1.93. The molecule has 0 amide bonds. The minimum absolute atomic E-state index is 0.607. The van der Waals surface area contributed by atoms with Crippen molar-refractivity contribution >= 4 is 11.4 Å². The molecule has 0 spiro atoms. The van der Waals surface area contributed by atoms with E-state index in [0.717, 1.165) is 105 Å². The van der Waals surface area contributed by atoms with Crippen LogP contribution in [-0.4, -0.2) is 115 Å². The molecule has 1 fully saturated rings. The van der Waals surface area contributed by atoms with Crippen LogP contribution in [0.15, 0.2) is 48.5 Å². The van der Waals surface area contributed by atoms with Gasteiger partial charge in [0, 0.05) is 103 Å². The molecule has 1 saturated heterocycles. The van der Waals surface area contributed by atoms with Crippen molar-refractivity contribution in [3.05, 3.63) is 59.7 Å². The van der Waals surface area contributed by atoms with Gasteiger partial charge >= 0.3 is 0 Å². The first kappa shape index (κ1) is 31.7. The number of nitrogens with zero attached hydrogens (tertiary/aromatic N) is 2. The van der Waals surface area contributed by atoms with Gasteiger partial charge in [0.1, 0.15) is 0 Å². The zero-order chi connectivity index (χ0) is 28.2. The maximum Gasteiger partial charge on any atom is 0.0701 e. The molecule has 3 heterocycles. The Balaban J connectivity index is 1.32. The van der Waals surface area contributed by atoms with Gasteiger partial charge in [0.05, 0.1) is 26.4 Å². The van der Waals surface area contributed by atoms with Crippen molar-refractivity contribution in [1.82, 2.24) is 20.4 Å². The van der Waals surface area contributed by atoms with E-state index < -0.39 is 0 Å². The fourth-order valence-corrected chi connectivity index (χ4v) is 5.17. The summed E-state index contributed by atoms with van der Waals surface area (Å²) in [6.45, 7) is 15.8. The summed E-state index contributed by atoms with van der Waals surface area (Å²) in [5.41, 5.74) is 5.05. The van der Waals surface area contributed by atoms with E-state index in [1.807, 2.05) is 0 Å². The highest BCUT2D eigenvalue weighted by Gasteiger charge is 2.11. The molecule has 41 heavy (non-hydrogen) atoms. The highest BCUT2D eigenvalue weighted by molar-refractivity contribution is 5.46. The Hall–Kier alpha value is -2.24. The third-order valence-corrected chi connectivity index (χ3v) is 7.42. The second-order valence-electron chi connectivity index (χ2n) is 10.9.